The van der Waals surface area contributed by atoms with E-state index < -0.39 is 0 Å². The lowest BCUT2D eigenvalue weighted by Gasteiger charge is -2.12. The SMILES string of the molecule is CC(=O)C(C(=O)NC1CC1)C1CC1. The summed E-state index contributed by atoms with van der Waals surface area (Å²) in [4.78, 5) is 22.8. The zero-order valence-electron chi connectivity index (χ0n) is 7.88. The molecule has 2 aliphatic rings. The predicted octanol–water partition coefficient (Wildman–Crippen LogP) is 0.880. The number of amides is 1. The first-order valence-electron chi connectivity index (χ1n) is 4.99. The van der Waals surface area contributed by atoms with Crippen LogP contribution in [0.1, 0.15) is 32.6 Å². The Balaban J connectivity index is 1.92. The highest BCUT2D eigenvalue weighted by Crippen LogP contribution is 2.37. The Morgan fingerprint density at radius 2 is 1.85 bits per heavy atom. The van der Waals surface area contributed by atoms with E-state index in [9.17, 15) is 9.59 Å². The zero-order chi connectivity index (χ0) is 9.42. The second-order valence-electron chi connectivity index (χ2n) is 4.21. The van der Waals surface area contributed by atoms with Gasteiger partial charge in [-0.2, -0.15) is 0 Å². The van der Waals surface area contributed by atoms with Crippen molar-refractivity contribution in [2.75, 3.05) is 0 Å². The minimum absolute atomic E-state index is 0.0284. The number of carbonyl (C=O) groups excluding carboxylic acids is 2. The van der Waals surface area contributed by atoms with E-state index in [4.69, 9.17) is 0 Å². The summed E-state index contributed by atoms with van der Waals surface area (Å²) in [7, 11) is 0. The minimum Gasteiger partial charge on any atom is -0.353 e. The molecule has 1 unspecified atom stereocenters. The van der Waals surface area contributed by atoms with Gasteiger partial charge in [0.2, 0.25) is 5.91 Å². The second kappa shape index (κ2) is 3.13. The molecule has 2 saturated carbocycles. The van der Waals surface area contributed by atoms with E-state index in [1.54, 1.807) is 0 Å². The van der Waals surface area contributed by atoms with Crippen LogP contribution < -0.4 is 5.32 Å². The molecule has 1 N–H and O–H groups in total. The number of nitrogens with one attached hydrogen (secondary N) is 1. The van der Waals surface area contributed by atoms with Gasteiger partial charge in [-0.25, -0.2) is 0 Å². The lowest BCUT2D eigenvalue weighted by molar-refractivity contribution is -0.133. The van der Waals surface area contributed by atoms with E-state index >= 15 is 0 Å². The normalized spacial score (nSPS) is 23.8. The average Bonchev–Trinajstić information content (AvgIpc) is 2.77. The summed E-state index contributed by atoms with van der Waals surface area (Å²) in [5, 5.41) is 2.90. The van der Waals surface area contributed by atoms with E-state index in [0.717, 1.165) is 25.7 Å². The van der Waals surface area contributed by atoms with E-state index in [2.05, 4.69) is 5.32 Å². The molecule has 1 amide bonds. The van der Waals surface area contributed by atoms with Gasteiger partial charge in [0.05, 0.1) is 5.92 Å². The molecule has 2 aliphatic carbocycles. The molecule has 0 heterocycles. The maximum atomic E-state index is 11.6. The van der Waals surface area contributed by atoms with Crippen LogP contribution in [0, 0.1) is 11.8 Å². The van der Waals surface area contributed by atoms with Crippen molar-refractivity contribution in [3.63, 3.8) is 0 Å². The first-order valence-corrected chi connectivity index (χ1v) is 4.99. The molecule has 0 aromatic heterocycles. The fourth-order valence-electron chi connectivity index (χ4n) is 1.68. The maximum absolute atomic E-state index is 11.6. The van der Waals surface area contributed by atoms with Crippen LogP contribution >= 0.6 is 0 Å². The molecule has 0 spiro atoms. The summed E-state index contributed by atoms with van der Waals surface area (Å²) >= 11 is 0. The molecule has 2 rings (SSSR count). The van der Waals surface area contributed by atoms with Gasteiger partial charge in [-0.15, -0.1) is 0 Å². The molecule has 1 atom stereocenters. The van der Waals surface area contributed by atoms with Crippen LogP contribution in [0.2, 0.25) is 0 Å². The van der Waals surface area contributed by atoms with Crippen molar-refractivity contribution >= 4 is 11.7 Å². The van der Waals surface area contributed by atoms with E-state index in [1.165, 1.54) is 6.92 Å². The summed E-state index contributed by atoms with van der Waals surface area (Å²) in [5.41, 5.74) is 0. The molecule has 0 aromatic carbocycles. The standard InChI is InChI=1S/C10H15NO2/c1-6(12)9(7-2-3-7)10(13)11-8-4-5-8/h7-9H,2-5H2,1H3,(H,11,13). The number of hydrogen-bond acceptors (Lipinski definition) is 2. The molecule has 0 aromatic rings. The maximum Gasteiger partial charge on any atom is 0.231 e. The van der Waals surface area contributed by atoms with Crippen LogP contribution in [0.25, 0.3) is 0 Å². The monoisotopic (exact) mass is 181 g/mol. The van der Waals surface area contributed by atoms with Crippen LogP contribution in [-0.4, -0.2) is 17.7 Å². The molecular formula is C10H15NO2. The smallest absolute Gasteiger partial charge is 0.231 e. The Morgan fingerprint density at radius 3 is 2.23 bits per heavy atom. The Bertz CT molecular complexity index is 241. The molecule has 0 saturated heterocycles. The van der Waals surface area contributed by atoms with Crippen molar-refractivity contribution in [3.8, 4) is 0 Å². The number of ketones is 1. The molecule has 13 heavy (non-hydrogen) atoms. The highest BCUT2D eigenvalue weighted by molar-refractivity contribution is 6.01. The van der Waals surface area contributed by atoms with E-state index in [-0.39, 0.29) is 17.6 Å². The van der Waals surface area contributed by atoms with Crippen LogP contribution in [0.15, 0.2) is 0 Å². The number of hydrogen-bond donors (Lipinski definition) is 1. The molecule has 0 bridgehead atoms. The Labute approximate surface area is 77.9 Å². The van der Waals surface area contributed by atoms with E-state index in [1.807, 2.05) is 0 Å². The lowest BCUT2D eigenvalue weighted by Crippen LogP contribution is -2.36. The summed E-state index contributed by atoms with van der Waals surface area (Å²) in [6, 6.07) is 0.369. The van der Waals surface area contributed by atoms with Gasteiger partial charge < -0.3 is 5.32 Å². The topological polar surface area (TPSA) is 46.2 Å². The fourth-order valence-corrected chi connectivity index (χ4v) is 1.68. The van der Waals surface area contributed by atoms with Gasteiger partial charge in [0.15, 0.2) is 0 Å². The lowest BCUT2D eigenvalue weighted by atomic mass is 9.98. The van der Waals surface area contributed by atoms with Crippen LogP contribution in [0.4, 0.5) is 0 Å². The fraction of sp³-hybridized carbons (Fsp3) is 0.800. The second-order valence-corrected chi connectivity index (χ2v) is 4.21. The largest absolute Gasteiger partial charge is 0.353 e. The molecule has 72 valence electrons. The molecule has 3 nitrogen and oxygen atoms in total. The molecule has 3 heteroatoms. The van der Waals surface area contributed by atoms with E-state index in [0.29, 0.717) is 12.0 Å². The Kier molecular flexibility index (Phi) is 2.10. The Hall–Kier alpha value is -0.860. The third-order valence-electron chi connectivity index (χ3n) is 2.74. The van der Waals surface area contributed by atoms with Crippen molar-refractivity contribution < 1.29 is 9.59 Å². The van der Waals surface area contributed by atoms with Crippen molar-refractivity contribution in [3.05, 3.63) is 0 Å². The predicted molar refractivity (Wildman–Crippen MR) is 48.1 cm³/mol. The Morgan fingerprint density at radius 1 is 1.23 bits per heavy atom. The minimum atomic E-state index is -0.347. The molecule has 0 aliphatic heterocycles. The summed E-state index contributed by atoms with van der Waals surface area (Å²) in [6.07, 6.45) is 4.26. The highest BCUT2D eigenvalue weighted by atomic mass is 16.2. The van der Waals surface area contributed by atoms with Crippen LogP contribution in [0.3, 0.4) is 0 Å². The van der Waals surface area contributed by atoms with Crippen molar-refractivity contribution in [1.29, 1.82) is 0 Å². The molecule has 2 fully saturated rings. The van der Waals surface area contributed by atoms with Gasteiger partial charge in [-0.05, 0) is 38.5 Å². The quantitative estimate of drug-likeness (QED) is 0.654. The van der Waals surface area contributed by atoms with Gasteiger partial charge in [-0.3, -0.25) is 9.59 Å². The van der Waals surface area contributed by atoms with Gasteiger partial charge in [0.25, 0.3) is 0 Å². The first-order chi connectivity index (χ1) is 6.18. The number of rotatable bonds is 4. The third kappa shape index (κ3) is 2.08. The number of Topliss-reactive ketones (excluding diaryl/α,β-unsaturated/α-hetero) is 1. The number of carbonyl (C=O) groups is 2. The van der Waals surface area contributed by atoms with Crippen LogP contribution in [0.5, 0.6) is 0 Å². The molecular weight excluding hydrogens is 166 g/mol. The van der Waals surface area contributed by atoms with Gasteiger partial charge in [0, 0.05) is 6.04 Å². The summed E-state index contributed by atoms with van der Waals surface area (Å²) in [6.45, 7) is 1.52. The van der Waals surface area contributed by atoms with Crippen molar-refractivity contribution in [1.82, 2.24) is 5.32 Å². The van der Waals surface area contributed by atoms with Gasteiger partial charge in [-0.1, -0.05) is 0 Å². The zero-order valence-corrected chi connectivity index (χ0v) is 7.88. The third-order valence-corrected chi connectivity index (χ3v) is 2.74. The van der Waals surface area contributed by atoms with Crippen molar-refractivity contribution in [2.24, 2.45) is 11.8 Å². The highest BCUT2D eigenvalue weighted by Gasteiger charge is 2.40. The van der Waals surface area contributed by atoms with Crippen LogP contribution in [-0.2, 0) is 9.59 Å². The van der Waals surface area contributed by atoms with Gasteiger partial charge in [0.1, 0.15) is 5.78 Å². The van der Waals surface area contributed by atoms with Crippen molar-refractivity contribution in [2.45, 2.75) is 38.6 Å². The molecule has 0 radical (unpaired) electrons. The summed E-state index contributed by atoms with van der Waals surface area (Å²) < 4.78 is 0. The average molecular weight is 181 g/mol. The van der Waals surface area contributed by atoms with Gasteiger partial charge >= 0.3 is 0 Å². The first kappa shape index (κ1) is 8.73. The summed E-state index contributed by atoms with van der Waals surface area (Å²) in [5.74, 6) is -0.00463.